The molecule has 3 aromatic carbocycles. The van der Waals surface area contributed by atoms with Gasteiger partial charge in [-0.2, -0.15) is 0 Å². The molecule has 1 aliphatic heterocycles. The minimum Gasteiger partial charge on any atom is -0.506 e. The maximum atomic E-state index is 13.5. The maximum absolute atomic E-state index is 13.5. The summed E-state index contributed by atoms with van der Waals surface area (Å²) in [4.78, 5) is 39.6. The van der Waals surface area contributed by atoms with Crippen LogP contribution in [0.2, 0.25) is 0 Å². The number of carbonyl (C=O) groups excluding carboxylic acids is 3. The lowest BCUT2D eigenvalue weighted by molar-refractivity contribution is -0.132. The predicted octanol–water partition coefficient (Wildman–Crippen LogP) is 4.30. The average Bonchev–Trinajstić information content (AvgIpc) is 3.18. The molecule has 1 heterocycles. The van der Waals surface area contributed by atoms with Crippen molar-refractivity contribution in [3.05, 3.63) is 83.4 Å². The molecule has 0 spiro atoms. The van der Waals surface area contributed by atoms with Gasteiger partial charge >= 0.3 is 0 Å². The molecule has 9 nitrogen and oxygen atoms in total. The van der Waals surface area contributed by atoms with Crippen LogP contribution < -0.4 is 24.4 Å². The van der Waals surface area contributed by atoms with Gasteiger partial charge in [-0.25, -0.2) is 0 Å². The summed E-state index contributed by atoms with van der Waals surface area (Å²) in [6.07, 6.45) is 0. The Labute approximate surface area is 213 Å². The highest BCUT2D eigenvalue weighted by atomic mass is 16.5. The molecular formula is C28H26N2O7. The van der Waals surface area contributed by atoms with Crippen LogP contribution in [0.5, 0.6) is 17.2 Å². The largest absolute Gasteiger partial charge is 0.506 e. The van der Waals surface area contributed by atoms with Crippen LogP contribution in [-0.4, -0.2) is 44.0 Å². The summed E-state index contributed by atoms with van der Waals surface area (Å²) in [7, 11) is 4.37. The van der Waals surface area contributed by atoms with Crippen LogP contribution in [0.3, 0.4) is 0 Å². The fourth-order valence-electron chi connectivity index (χ4n) is 4.35. The van der Waals surface area contributed by atoms with E-state index in [1.54, 1.807) is 66.7 Å². The third-order valence-electron chi connectivity index (χ3n) is 5.98. The lowest BCUT2D eigenvalue weighted by Crippen LogP contribution is -2.29. The summed E-state index contributed by atoms with van der Waals surface area (Å²) >= 11 is 0. The first-order valence-corrected chi connectivity index (χ1v) is 11.3. The van der Waals surface area contributed by atoms with Gasteiger partial charge in [0.05, 0.1) is 32.9 Å². The second-order valence-electron chi connectivity index (χ2n) is 8.21. The molecule has 2 N–H and O–H groups in total. The first-order valence-electron chi connectivity index (χ1n) is 11.3. The molecule has 3 aromatic rings. The average molecular weight is 503 g/mol. The van der Waals surface area contributed by atoms with E-state index in [-0.39, 0.29) is 28.5 Å². The molecule has 1 unspecified atom stereocenters. The van der Waals surface area contributed by atoms with Gasteiger partial charge in [0.25, 0.3) is 11.7 Å². The summed E-state index contributed by atoms with van der Waals surface area (Å²) in [6.45, 7) is 1.39. The van der Waals surface area contributed by atoms with Gasteiger partial charge in [0.2, 0.25) is 5.91 Å². The molecule has 0 aromatic heterocycles. The molecule has 0 aliphatic carbocycles. The van der Waals surface area contributed by atoms with Gasteiger partial charge < -0.3 is 24.6 Å². The normalized spacial score (nSPS) is 16.4. The molecule has 2 amide bonds. The number of hydrogen-bond acceptors (Lipinski definition) is 7. The molecule has 0 bridgehead atoms. The highest BCUT2D eigenvalue weighted by Crippen LogP contribution is 2.45. The monoisotopic (exact) mass is 502 g/mol. The van der Waals surface area contributed by atoms with E-state index in [9.17, 15) is 19.5 Å². The second-order valence-corrected chi connectivity index (χ2v) is 8.21. The third-order valence-corrected chi connectivity index (χ3v) is 5.98. The quantitative estimate of drug-likeness (QED) is 0.281. The zero-order valence-electron chi connectivity index (χ0n) is 20.8. The van der Waals surface area contributed by atoms with Crippen LogP contribution in [0, 0.1) is 0 Å². The van der Waals surface area contributed by atoms with Gasteiger partial charge in [0.1, 0.15) is 28.6 Å². The summed E-state index contributed by atoms with van der Waals surface area (Å²) in [5, 5.41) is 14.2. The Bertz CT molecular complexity index is 1370. The van der Waals surface area contributed by atoms with E-state index in [2.05, 4.69) is 5.32 Å². The van der Waals surface area contributed by atoms with E-state index in [1.807, 2.05) is 0 Å². The topological polar surface area (TPSA) is 114 Å². The van der Waals surface area contributed by atoms with Crippen LogP contribution in [0.15, 0.2) is 72.3 Å². The smallest absolute Gasteiger partial charge is 0.300 e. The van der Waals surface area contributed by atoms with E-state index in [4.69, 9.17) is 14.2 Å². The fourth-order valence-corrected chi connectivity index (χ4v) is 4.35. The molecule has 0 radical (unpaired) electrons. The number of nitrogens with one attached hydrogen (secondary N) is 1. The van der Waals surface area contributed by atoms with Crippen molar-refractivity contribution in [3.8, 4) is 17.2 Å². The minimum atomic E-state index is -0.990. The summed E-state index contributed by atoms with van der Waals surface area (Å²) in [5.41, 5.74) is 1.49. The van der Waals surface area contributed by atoms with E-state index < -0.39 is 23.5 Å². The number of ether oxygens (including phenoxy) is 3. The summed E-state index contributed by atoms with van der Waals surface area (Å²) < 4.78 is 16.2. The number of methoxy groups -OCH3 is 3. The number of rotatable bonds is 7. The van der Waals surface area contributed by atoms with Gasteiger partial charge in [-0.1, -0.05) is 18.2 Å². The van der Waals surface area contributed by atoms with Crippen LogP contribution in [0.4, 0.5) is 11.4 Å². The standard InChI is InChI=1S/C28H26N2O7/c1-16(31)29-18-11-13-19(14-12-18)30-25(17-7-5-8-20(15-17)35-2)24(27(33)28(30)34)26(32)23-21(36-3)9-6-10-22(23)37-4/h5-15,25,32H,1-4H3,(H,29,31)/b26-24+. The van der Waals surface area contributed by atoms with Crippen LogP contribution in [-0.2, 0) is 14.4 Å². The Balaban J connectivity index is 1.96. The highest BCUT2D eigenvalue weighted by molar-refractivity contribution is 6.51. The molecule has 37 heavy (non-hydrogen) atoms. The Morgan fingerprint density at radius 2 is 1.51 bits per heavy atom. The SMILES string of the molecule is COc1cccc(C2/C(=C(\O)c3c(OC)cccc3OC)C(=O)C(=O)N2c2ccc(NC(C)=O)cc2)c1. The molecule has 1 aliphatic rings. The number of ketones is 1. The Morgan fingerprint density at radius 3 is 2.08 bits per heavy atom. The van der Waals surface area contributed by atoms with Gasteiger partial charge in [0, 0.05) is 18.3 Å². The number of aliphatic hydroxyl groups excluding tert-OH is 1. The first-order chi connectivity index (χ1) is 17.8. The molecule has 0 saturated carbocycles. The summed E-state index contributed by atoms with van der Waals surface area (Å²) in [5.74, 6) is -1.31. The van der Waals surface area contributed by atoms with Crippen molar-refractivity contribution in [1.82, 2.24) is 0 Å². The van der Waals surface area contributed by atoms with Crippen molar-refractivity contribution in [2.45, 2.75) is 13.0 Å². The Morgan fingerprint density at radius 1 is 0.892 bits per heavy atom. The van der Waals surface area contributed by atoms with Gasteiger partial charge in [-0.05, 0) is 54.1 Å². The molecule has 4 rings (SSSR count). The van der Waals surface area contributed by atoms with Crippen LogP contribution in [0.25, 0.3) is 5.76 Å². The number of nitrogens with zero attached hydrogens (tertiary/aromatic N) is 1. The van der Waals surface area contributed by atoms with Crippen LogP contribution >= 0.6 is 0 Å². The van der Waals surface area contributed by atoms with Crippen molar-refractivity contribution >= 4 is 34.7 Å². The molecule has 1 saturated heterocycles. The van der Waals surface area contributed by atoms with Crippen molar-refractivity contribution in [3.63, 3.8) is 0 Å². The number of hydrogen-bond donors (Lipinski definition) is 2. The zero-order chi connectivity index (χ0) is 26.7. The minimum absolute atomic E-state index is 0.132. The molecule has 1 atom stereocenters. The number of carbonyl (C=O) groups is 3. The van der Waals surface area contributed by atoms with Crippen molar-refractivity contribution in [2.75, 3.05) is 31.5 Å². The van der Waals surface area contributed by atoms with Crippen molar-refractivity contribution in [1.29, 1.82) is 0 Å². The van der Waals surface area contributed by atoms with E-state index >= 15 is 0 Å². The Hall–Kier alpha value is -4.79. The van der Waals surface area contributed by atoms with Crippen molar-refractivity contribution < 1.29 is 33.7 Å². The lowest BCUT2D eigenvalue weighted by Gasteiger charge is -2.26. The number of aliphatic hydroxyl groups is 1. The van der Waals surface area contributed by atoms with Gasteiger partial charge in [-0.15, -0.1) is 0 Å². The van der Waals surface area contributed by atoms with Gasteiger partial charge in [-0.3, -0.25) is 19.3 Å². The molecule has 9 heteroatoms. The fraction of sp³-hybridized carbons (Fsp3) is 0.179. The van der Waals surface area contributed by atoms with E-state index in [1.165, 1.54) is 33.2 Å². The molecule has 1 fully saturated rings. The van der Waals surface area contributed by atoms with E-state index in [0.29, 0.717) is 22.7 Å². The van der Waals surface area contributed by atoms with Crippen molar-refractivity contribution in [2.24, 2.45) is 0 Å². The number of amides is 2. The second kappa shape index (κ2) is 10.4. The lowest BCUT2D eigenvalue weighted by atomic mass is 9.94. The first kappa shape index (κ1) is 25.3. The van der Waals surface area contributed by atoms with E-state index in [0.717, 1.165) is 0 Å². The third kappa shape index (κ3) is 4.71. The summed E-state index contributed by atoms with van der Waals surface area (Å²) in [6, 6.07) is 17.3. The van der Waals surface area contributed by atoms with Gasteiger partial charge in [0.15, 0.2) is 0 Å². The maximum Gasteiger partial charge on any atom is 0.300 e. The number of anilines is 2. The zero-order valence-corrected chi connectivity index (χ0v) is 20.8. The Kier molecular flexibility index (Phi) is 7.15. The molecular weight excluding hydrogens is 476 g/mol. The van der Waals surface area contributed by atoms with Crippen LogP contribution in [0.1, 0.15) is 24.1 Å². The number of benzene rings is 3. The number of Topliss-reactive ketones (excluding diaryl/α,β-unsaturated/α-hetero) is 1. The molecule has 190 valence electrons. The predicted molar refractivity (Wildman–Crippen MR) is 138 cm³/mol. The highest BCUT2D eigenvalue weighted by Gasteiger charge is 2.47.